The number of carbonyl (C=O) groups excluding carboxylic acids is 1. The number of hydrogen-bond acceptors (Lipinski definition) is 6. The summed E-state index contributed by atoms with van der Waals surface area (Å²) in [4.78, 5) is 18.0. The monoisotopic (exact) mass is 463 g/mol. The highest BCUT2D eigenvalue weighted by molar-refractivity contribution is 5.88. The second-order valence-corrected chi connectivity index (χ2v) is 7.12. The number of halogens is 5. The quantitative estimate of drug-likeness (QED) is 0.437. The fourth-order valence-electron chi connectivity index (χ4n) is 3.52. The lowest BCUT2D eigenvalue weighted by atomic mass is 10.2. The summed E-state index contributed by atoms with van der Waals surface area (Å²) in [5.41, 5.74) is -0.622. The summed E-state index contributed by atoms with van der Waals surface area (Å²) in [5.74, 6) is -0.0363. The number of aromatic nitrogens is 2. The molecule has 7 nitrogen and oxygen atoms in total. The number of nitrogens with zero attached hydrogens (tertiary/aromatic N) is 3. The Balaban J connectivity index is 1.77. The van der Waals surface area contributed by atoms with Gasteiger partial charge in [0.05, 0.1) is 37.6 Å². The van der Waals surface area contributed by atoms with Crippen LogP contribution in [-0.4, -0.2) is 54.0 Å². The average Bonchev–Trinajstić information content (AvgIpc) is 3.29. The molecule has 0 amide bonds. The van der Waals surface area contributed by atoms with Crippen molar-refractivity contribution in [1.29, 1.82) is 0 Å². The van der Waals surface area contributed by atoms with Gasteiger partial charge >= 0.3 is 18.8 Å². The van der Waals surface area contributed by atoms with Crippen LogP contribution in [0.2, 0.25) is 0 Å². The average molecular weight is 463 g/mol. The van der Waals surface area contributed by atoms with Crippen molar-refractivity contribution in [2.24, 2.45) is 7.05 Å². The highest BCUT2D eigenvalue weighted by atomic mass is 19.4. The Kier molecular flexibility index (Phi) is 7.22. The Labute approximate surface area is 180 Å². The number of benzene rings is 1. The molecule has 0 saturated carbocycles. The van der Waals surface area contributed by atoms with Crippen LogP contribution in [0.3, 0.4) is 0 Å². The van der Waals surface area contributed by atoms with E-state index in [0.717, 1.165) is 12.1 Å². The Morgan fingerprint density at radius 1 is 1.25 bits per heavy atom. The Hall–Kier alpha value is -2.89. The van der Waals surface area contributed by atoms with Gasteiger partial charge in [-0.2, -0.15) is 22.0 Å². The van der Waals surface area contributed by atoms with Gasteiger partial charge in [0.2, 0.25) is 5.95 Å². The molecule has 0 aliphatic carbocycles. The van der Waals surface area contributed by atoms with E-state index in [1.165, 1.54) is 22.9 Å². The van der Waals surface area contributed by atoms with Gasteiger partial charge < -0.3 is 23.7 Å². The summed E-state index contributed by atoms with van der Waals surface area (Å²) in [6.45, 7) is -1.26. The first-order valence-electron chi connectivity index (χ1n) is 9.79. The first-order valence-corrected chi connectivity index (χ1v) is 9.79. The molecule has 0 spiro atoms. The molecule has 1 aromatic heterocycles. The lowest BCUT2D eigenvalue weighted by Gasteiger charge is -2.25. The molecule has 2 aromatic rings. The van der Waals surface area contributed by atoms with Crippen LogP contribution in [0.25, 0.3) is 0 Å². The van der Waals surface area contributed by atoms with Crippen molar-refractivity contribution < 1.29 is 41.0 Å². The topological polar surface area (TPSA) is 65.8 Å². The molecule has 1 saturated heterocycles. The van der Waals surface area contributed by atoms with Crippen LogP contribution < -0.4 is 9.64 Å². The van der Waals surface area contributed by atoms with Gasteiger partial charge in [0, 0.05) is 13.5 Å². The minimum atomic E-state index is -4.46. The van der Waals surface area contributed by atoms with Crippen LogP contribution in [0.5, 0.6) is 5.75 Å². The number of ether oxygens (including phenoxy) is 3. The molecule has 32 heavy (non-hydrogen) atoms. The van der Waals surface area contributed by atoms with Crippen LogP contribution in [0, 0.1) is 0 Å². The van der Waals surface area contributed by atoms with Crippen molar-refractivity contribution >= 4 is 11.9 Å². The first-order chi connectivity index (χ1) is 15.1. The summed E-state index contributed by atoms with van der Waals surface area (Å²) >= 11 is 0. The van der Waals surface area contributed by atoms with Gasteiger partial charge in [0.25, 0.3) is 0 Å². The Morgan fingerprint density at radius 3 is 2.53 bits per heavy atom. The molecule has 2 atom stereocenters. The van der Waals surface area contributed by atoms with Crippen molar-refractivity contribution in [3.8, 4) is 5.75 Å². The first kappa shape index (κ1) is 23.8. The molecule has 3 rings (SSSR count). The summed E-state index contributed by atoms with van der Waals surface area (Å²) in [5, 5.41) is 0. The minimum absolute atomic E-state index is 0.178. The summed E-state index contributed by atoms with van der Waals surface area (Å²) in [6, 6.07) is 3.67. The second kappa shape index (κ2) is 9.72. The van der Waals surface area contributed by atoms with Crippen molar-refractivity contribution in [2.75, 3.05) is 24.7 Å². The number of hydrogen-bond donors (Lipinski definition) is 0. The zero-order valence-corrected chi connectivity index (χ0v) is 17.3. The Bertz CT molecular complexity index is 917. The highest BCUT2D eigenvalue weighted by Crippen LogP contribution is 2.32. The third kappa shape index (κ3) is 5.47. The van der Waals surface area contributed by atoms with Gasteiger partial charge in [0.1, 0.15) is 17.5 Å². The molecule has 176 valence electrons. The predicted octanol–water partition coefficient (Wildman–Crippen LogP) is 3.88. The van der Waals surface area contributed by atoms with Crippen LogP contribution in [0.15, 0.2) is 30.5 Å². The van der Waals surface area contributed by atoms with Crippen molar-refractivity contribution in [1.82, 2.24) is 9.55 Å². The Morgan fingerprint density at radius 2 is 1.94 bits per heavy atom. The standard InChI is InChI=1S/C20H22F5N3O4/c1-3-30-17(29)16-9-26-19(27(16)2)28-10-15(8-13(28)11-31-18(21)22)32-14-6-4-12(5-7-14)20(23,24)25/h4-7,9,13,15,18H,3,8,10-11H2,1-2H3/t13-,15-/m0/s1. The van der Waals surface area contributed by atoms with E-state index in [0.29, 0.717) is 5.95 Å². The zero-order valence-electron chi connectivity index (χ0n) is 17.3. The van der Waals surface area contributed by atoms with Gasteiger partial charge in [-0.1, -0.05) is 0 Å². The van der Waals surface area contributed by atoms with Gasteiger partial charge in [-0.05, 0) is 31.2 Å². The van der Waals surface area contributed by atoms with Gasteiger partial charge in [-0.15, -0.1) is 0 Å². The van der Waals surface area contributed by atoms with Crippen molar-refractivity contribution in [2.45, 2.75) is 38.3 Å². The molecular formula is C20H22F5N3O4. The third-order valence-corrected chi connectivity index (χ3v) is 4.98. The van der Waals surface area contributed by atoms with E-state index in [-0.39, 0.29) is 37.6 Å². The smallest absolute Gasteiger partial charge is 0.416 e. The number of carbonyl (C=O) groups is 1. The molecule has 2 heterocycles. The molecule has 1 aliphatic rings. The maximum atomic E-state index is 12.7. The minimum Gasteiger partial charge on any atom is -0.489 e. The molecule has 0 unspecified atom stereocenters. The molecule has 12 heteroatoms. The van der Waals surface area contributed by atoms with Gasteiger partial charge in [-0.3, -0.25) is 0 Å². The largest absolute Gasteiger partial charge is 0.489 e. The lowest BCUT2D eigenvalue weighted by molar-refractivity contribution is -0.137. The van der Waals surface area contributed by atoms with E-state index in [2.05, 4.69) is 9.72 Å². The summed E-state index contributed by atoms with van der Waals surface area (Å²) in [7, 11) is 1.59. The number of alkyl halides is 5. The zero-order chi connectivity index (χ0) is 23.5. The van der Waals surface area contributed by atoms with Crippen LogP contribution in [0.4, 0.5) is 27.9 Å². The molecular weight excluding hydrogens is 441 g/mol. The second-order valence-electron chi connectivity index (χ2n) is 7.12. The fraction of sp³-hybridized carbons (Fsp3) is 0.500. The van der Waals surface area contributed by atoms with E-state index in [9.17, 15) is 26.7 Å². The number of imidazole rings is 1. The van der Waals surface area contributed by atoms with E-state index in [1.54, 1.807) is 18.9 Å². The fourth-order valence-corrected chi connectivity index (χ4v) is 3.52. The highest BCUT2D eigenvalue weighted by Gasteiger charge is 2.37. The summed E-state index contributed by atoms with van der Waals surface area (Å²) in [6.07, 6.45) is -3.41. The molecule has 0 N–H and O–H groups in total. The SMILES string of the molecule is CCOC(=O)c1cnc(N2C[C@@H](Oc3ccc(C(F)(F)F)cc3)C[C@H]2COC(F)F)n1C. The molecule has 0 radical (unpaired) electrons. The number of esters is 1. The number of rotatable bonds is 8. The maximum absolute atomic E-state index is 12.7. The predicted molar refractivity (Wildman–Crippen MR) is 103 cm³/mol. The maximum Gasteiger partial charge on any atom is 0.416 e. The van der Waals surface area contributed by atoms with Crippen LogP contribution in [0.1, 0.15) is 29.4 Å². The third-order valence-electron chi connectivity index (χ3n) is 4.98. The molecule has 1 fully saturated rings. The van der Waals surface area contributed by atoms with Crippen molar-refractivity contribution in [3.63, 3.8) is 0 Å². The van der Waals surface area contributed by atoms with Crippen LogP contribution in [-0.2, 0) is 22.7 Å². The van der Waals surface area contributed by atoms with Crippen LogP contribution >= 0.6 is 0 Å². The normalized spacial score (nSPS) is 18.9. The molecule has 0 bridgehead atoms. The molecule has 1 aliphatic heterocycles. The van der Waals surface area contributed by atoms with E-state index >= 15 is 0 Å². The molecule has 1 aromatic carbocycles. The van der Waals surface area contributed by atoms with Gasteiger partial charge in [-0.25, -0.2) is 9.78 Å². The summed E-state index contributed by atoms with van der Waals surface area (Å²) < 4.78 is 80.2. The van der Waals surface area contributed by atoms with E-state index in [4.69, 9.17) is 9.47 Å². The van der Waals surface area contributed by atoms with Crippen molar-refractivity contribution in [3.05, 3.63) is 41.7 Å². The van der Waals surface area contributed by atoms with E-state index in [1.807, 2.05) is 0 Å². The van der Waals surface area contributed by atoms with Gasteiger partial charge in [0.15, 0.2) is 0 Å². The van der Waals surface area contributed by atoms with E-state index < -0.39 is 36.5 Å². The lowest BCUT2D eigenvalue weighted by Crippen LogP contribution is -2.36. The number of anilines is 1.